The Bertz CT molecular complexity index is 2280. The molecule has 29 nitrogen and oxygen atoms in total. The van der Waals surface area contributed by atoms with Crippen LogP contribution in [-0.2, 0) is 62.1 Å². The van der Waals surface area contributed by atoms with Gasteiger partial charge in [-0.25, -0.2) is 4.18 Å². The van der Waals surface area contributed by atoms with E-state index in [4.69, 9.17) is 37.9 Å². The Morgan fingerprint density at radius 1 is 0.590 bits per heavy atom. The third kappa shape index (κ3) is 17.8. The van der Waals surface area contributed by atoms with Crippen LogP contribution < -0.4 is 26.0 Å². The molecule has 0 bridgehead atoms. The molecule has 0 aliphatic carbocycles. The average molecular weight is 1140 g/mol. The predicted octanol–water partition coefficient (Wildman–Crippen LogP) is -4.92. The summed E-state index contributed by atoms with van der Waals surface area (Å²) in [6, 6.07) is -0.745. The highest BCUT2D eigenvalue weighted by Gasteiger charge is 2.56. The summed E-state index contributed by atoms with van der Waals surface area (Å²) in [4.78, 5) is 51.1. The van der Waals surface area contributed by atoms with E-state index in [0.29, 0.717) is 25.2 Å². The van der Waals surface area contributed by atoms with E-state index >= 15 is 0 Å². The van der Waals surface area contributed by atoms with Gasteiger partial charge in [0.25, 0.3) is 5.91 Å². The summed E-state index contributed by atoms with van der Waals surface area (Å²) in [6.45, 7) is 1.51. The van der Waals surface area contributed by atoms with Gasteiger partial charge in [-0.15, -0.1) is 11.8 Å². The van der Waals surface area contributed by atoms with Crippen molar-refractivity contribution >= 4 is 34.0 Å². The molecule has 14 N–H and O–H groups in total. The monoisotopic (exact) mass is 1140 g/mol. The van der Waals surface area contributed by atoms with Crippen LogP contribution in [0, 0.1) is 11.8 Å². The zero-order chi connectivity index (χ0) is 57.4. The van der Waals surface area contributed by atoms with E-state index in [9.17, 15) is 78.1 Å². The van der Waals surface area contributed by atoms with Crippen LogP contribution in [0.25, 0.3) is 0 Å². The highest BCUT2D eigenvalue weighted by Crippen LogP contribution is 2.35. The molecule has 5 rings (SSSR count). The van der Waals surface area contributed by atoms with Crippen molar-refractivity contribution in [1.29, 1.82) is 0 Å². The maximum atomic E-state index is 13.8. The maximum Gasteiger partial charge on any atom is 0.397 e. The molecule has 20 atom stereocenters. The lowest BCUT2D eigenvalue weighted by molar-refractivity contribution is -0.361. The molecule has 0 saturated carbocycles. The number of hydrogen-bond donors (Lipinski definition) is 14. The molecule has 442 valence electrons. The van der Waals surface area contributed by atoms with Gasteiger partial charge in [0.1, 0.15) is 103 Å². The summed E-state index contributed by atoms with van der Waals surface area (Å²) in [5, 5.41) is 109. The number of aliphatic hydroxyl groups excluding tert-OH is 9. The van der Waals surface area contributed by atoms with Crippen LogP contribution >= 0.6 is 0 Å². The van der Waals surface area contributed by atoms with Crippen LogP contribution in [0.1, 0.15) is 83.0 Å². The van der Waals surface area contributed by atoms with Gasteiger partial charge in [-0.2, -0.15) is 8.42 Å². The van der Waals surface area contributed by atoms with Crippen molar-refractivity contribution in [3.05, 3.63) is 29.8 Å². The number of rotatable bonds is 25. The van der Waals surface area contributed by atoms with Gasteiger partial charge in [0.2, 0.25) is 17.7 Å². The van der Waals surface area contributed by atoms with Crippen molar-refractivity contribution in [2.24, 2.45) is 0 Å². The lowest BCUT2D eigenvalue weighted by Gasteiger charge is -2.51. The highest BCUT2D eigenvalue weighted by molar-refractivity contribution is 7.80. The fraction of sp³-hybridized carbons (Fsp3) is 0.750. The second-order valence-corrected chi connectivity index (χ2v) is 20.1. The van der Waals surface area contributed by atoms with Crippen molar-refractivity contribution < 1.29 is 120 Å². The molecular weight excluding hydrogens is 1060 g/mol. The Hall–Kier alpha value is -4.31. The van der Waals surface area contributed by atoms with Crippen LogP contribution in [0.2, 0.25) is 0 Å². The Balaban J connectivity index is 1.35. The first-order chi connectivity index (χ1) is 37.0. The minimum Gasteiger partial charge on any atom is -0.494 e. The van der Waals surface area contributed by atoms with Gasteiger partial charge >= 0.3 is 10.4 Å². The van der Waals surface area contributed by atoms with Crippen molar-refractivity contribution in [3.8, 4) is 17.6 Å². The molecule has 1 aromatic rings. The fourth-order valence-corrected chi connectivity index (χ4v) is 9.51. The van der Waals surface area contributed by atoms with Gasteiger partial charge in [0.15, 0.2) is 25.2 Å². The Morgan fingerprint density at radius 3 is 1.56 bits per heavy atom. The summed E-state index contributed by atoms with van der Waals surface area (Å²) in [5.74, 6) is 3.39. The number of carbonyl (C=O) groups excluding carboxylic acids is 4. The average Bonchev–Trinajstić information content (AvgIpc) is 3.47. The molecule has 0 aromatic heterocycles. The maximum absolute atomic E-state index is 13.8. The number of amides is 4. The number of aliphatic hydroxyl groups is 9. The molecule has 0 spiro atoms. The Morgan fingerprint density at radius 2 is 1.06 bits per heavy atom. The normalized spacial score (nSPS) is 35.1. The number of unbranched alkanes of at least 4 members (excludes halogenated alkanes) is 5. The summed E-state index contributed by atoms with van der Waals surface area (Å²) in [5.41, 5.74) is 0.0447. The minimum absolute atomic E-state index is 0.0447. The van der Waals surface area contributed by atoms with Crippen molar-refractivity contribution in [2.75, 3.05) is 33.0 Å². The van der Waals surface area contributed by atoms with Crippen LogP contribution in [-0.4, -0.2) is 238 Å². The molecule has 4 amide bonds. The second-order valence-electron chi connectivity index (χ2n) is 19.0. The lowest BCUT2D eigenvalue weighted by Crippen LogP contribution is -2.71. The Labute approximate surface area is 450 Å². The van der Waals surface area contributed by atoms with Crippen molar-refractivity contribution in [2.45, 2.75) is 195 Å². The van der Waals surface area contributed by atoms with Gasteiger partial charge in [0.05, 0.1) is 33.0 Å². The Kier molecular flexibility index (Phi) is 25.2. The van der Waals surface area contributed by atoms with E-state index in [2.05, 4.69) is 44.2 Å². The molecular formula is C48H74N4O25S. The molecule has 4 aliphatic rings. The number of carbonyl (C=O) groups is 4. The molecule has 4 saturated heterocycles. The SMILES string of the molecule is CCCCCCC#CCCCOc1cccc(C(=O)N[C@@H]2C(O[C@H]3C(O)C(NC(C)=O)C(OC4C(CO)O[C@@H](O[C@H]5C(O)C(NC(C)=O)C(O)O[C@H]5COS(=O)(=O)O)[C@@H](NC(C)=O)[C@H]4O)O[C@H]3CO)OC(CO)[C@@H](O)[C@@H]2O)c1. The van der Waals surface area contributed by atoms with E-state index in [0.717, 1.165) is 46.5 Å². The summed E-state index contributed by atoms with van der Waals surface area (Å²) >= 11 is 0. The van der Waals surface area contributed by atoms with E-state index in [1.54, 1.807) is 12.1 Å². The van der Waals surface area contributed by atoms with Crippen LogP contribution in [0.5, 0.6) is 5.75 Å². The van der Waals surface area contributed by atoms with Gasteiger partial charge in [-0.1, -0.05) is 32.3 Å². The molecule has 0 radical (unpaired) electrons. The van der Waals surface area contributed by atoms with Gasteiger partial charge in [-0.3, -0.25) is 23.7 Å². The second kappa shape index (κ2) is 30.5. The number of benzene rings is 1. The molecule has 4 aliphatic heterocycles. The molecule has 1 aromatic carbocycles. The van der Waals surface area contributed by atoms with Crippen molar-refractivity contribution in [1.82, 2.24) is 21.3 Å². The zero-order valence-corrected chi connectivity index (χ0v) is 44.2. The smallest absolute Gasteiger partial charge is 0.397 e. The fourth-order valence-electron chi connectivity index (χ4n) is 9.21. The predicted molar refractivity (Wildman–Crippen MR) is 262 cm³/mol. The van der Waals surface area contributed by atoms with Crippen LogP contribution in [0.15, 0.2) is 24.3 Å². The number of ether oxygens (including phenoxy) is 8. The van der Waals surface area contributed by atoms with Crippen LogP contribution in [0.3, 0.4) is 0 Å². The van der Waals surface area contributed by atoms with E-state index < -0.39 is 183 Å². The standard InChI is InChI=1S/C48H74N4O25S/c1-5-6-7-8-9-10-11-12-13-17-69-27-16-14-15-26(18-27)44(64)52-33-37(60)36(59)28(19-53)72-46(33)75-41-29(20-54)73-47(34(39(41)62)50-24(3)57)76-42-30(21-55)74-48(35(40(42)63)51-25(4)58)77-43-31(22-70-78(66,67)68)71-45(65)32(38(43)61)49-23(2)56/h14-16,18,28-43,45-48,53-55,59-63,65H,5-9,12-13,17,19-22H2,1-4H3,(H,49,56)(H,50,57)(H,51,58)(H,52,64)(H,66,67,68)/t28?,29-,30?,31-,32?,33-,34?,35-,36+,37+,38?,39?,40+,41+,42?,43+,45?,46?,47?,48-/m0/s1. The summed E-state index contributed by atoms with van der Waals surface area (Å²) < 4.78 is 83.8. The summed E-state index contributed by atoms with van der Waals surface area (Å²) in [6.07, 6.45) is -23.1. The van der Waals surface area contributed by atoms with Gasteiger partial charge in [-0.05, 0) is 31.0 Å². The summed E-state index contributed by atoms with van der Waals surface area (Å²) in [7, 11) is -5.16. The highest BCUT2D eigenvalue weighted by atomic mass is 32.3. The van der Waals surface area contributed by atoms with Gasteiger partial charge < -0.3 is 105 Å². The molecule has 4 fully saturated rings. The third-order valence-corrected chi connectivity index (χ3v) is 13.5. The minimum atomic E-state index is -5.16. The molecule has 4 heterocycles. The number of nitrogens with one attached hydrogen (secondary N) is 4. The third-order valence-electron chi connectivity index (χ3n) is 13.0. The lowest BCUT2D eigenvalue weighted by atomic mass is 9.93. The van der Waals surface area contributed by atoms with Crippen LogP contribution in [0.4, 0.5) is 0 Å². The quantitative estimate of drug-likeness (QED) is 0.0248. The molecule has 30 heteroatoms. The first-order valence-corrected chi connectivity index (χ1v) is 26.8. The largest absolute Gasteiger partial charge is 0.494 e. The zero-order valence-electron chi connectivity index (χ0n) is 43.3. The van der Waals surface area contributed by atoms with E-state index in [1.807, 2.05) is 0 Å². The first-order valence-electron chi connectivity index (χ1n) is 25.4. The van der Waals surface area contributed by atoms with Crippen molar-refractivity contribution in [3.63, 3.8) is 0 Å². The number of hydrogen-bond acceptors (Lipinski definition) is 24. The molecule has 78 heavy (non-hydrogen) atoms. The van der Waals surface area contributed by atoms with E-state index in [-0.39, 0.29) is 5.56 Å². The van der Waals surface area contributed by atoms with E-state index in [1.165, 1.54) is 18.6 Å². The molecule has 10 unspecified atom stereocenters. The first kappa shape index (κ1) is 64.5. The topological polar surface area (TPSA) is 436 Å². The van der Waals surface area contributed by atoms with Gasteiger partial charge in [0, 0.05) is 39.2 Å².